The Labute approximate surface area is 217 Å². The molecule has 3 heterocycles. The molecule has 37 heavy (non-hydrogen) atoms. The van der Waals surface area contributed by atoms with Crippen molar-refractivity contribution in [1.29, 1.82) is 5.26 Å². The average Bonchev–Trinajstić information content (AvgIpc) is 3.41. The molecule has 0 spiro atoms. The van der Waals surface area contributed by atoms with E-state index in [4.69, 9.17) is 10.8 Å². The van der Waals surface area contributed by atoms with Gasteiger partial charge in [0.15, 0.2) is 5.82 Å². The smallest absolute Gasteiger partial charge is 0.282 e. The van der Waals surface area contributed by atoms with Gasteiger partial charge in [0.2, 0.25) is 0 Å². The lowest BCUT2D eigenvalue weighted by Gasteiger charge is -2.23. The predicted molar refractivity (Wildman–Crippen MR) is 146 cm³/mol. The number of hydrogen-bond donors (Lipinski definition) is 2. The van der Waals surface area contributed by atoms with Crippen LogP contribution in [-0.2, 0) is 5.75 Å². The van der Waals surface area contributed by atoms with Crippen LogP contribution in [0.5, 0.6) is 0 Å². The molecule has 0 radical (unpaired) electrons. The Balaban J connectivity index is 1.56. The molecule has 184 valence electrons. The molecule has 5 aromatic rings. The van der Waals surface area contributed by atoms with Crippen molar-refractivity contribution in [2.24, 2.45) is 0 Å². The van der Waals surface area contributed by atoms with E-state index >= 15 is 0 Å². The minimum atomic E-state index is -0.454. The second-order valence-corrected chi connectivity index (χ2v) is 9.40. The van der Waals surface area contributed by atoms with E-state index in [0.717, 1.165) is 11.5 Å². The molecule has 2 aromatic carbocycles. The summed E-state index contributed by atoms with van der Waals surface area (Å²) < 4.78 is 3.20. The van der Waals surface area contributed by atoms with Gasteiger partial charge in [-0.05, 0) is 42.0 Å². The van der Waals surface area contributed by atoms with Crippen LogP contribution in [-0.4, -0.2) is 29.9 Å². The van der Waals surface area contributed by atoms with Crippen LogP contribution in [0.15, 0.2) is 90.1 Å². The maximum absolute atomic E-state index is 13.6. The molecule has 0 amide bonds. The van der Waals surface area contributed by atoms with E-state index in [-0.39, 0.29) is 16.9 Å². The highest BCUT2D eigenvalue weighted by molar-refractivity contribution is 7.98. The van der Waals surface area contributed by atoms with Crippen LogP contribution >= 0.6 is 11.8 Å². The van der Waals surface area contributed by atoms with Crippen LogP contribution in [0.3, 0.4) is 0 Å². The molecular formula is C27H24N8OS. The zero-order valence-corrected chi connectivity index (χ0v) is 20.7. The average molecular weight is 509 g/mol. The third kappa shape index (κ3) is 5.17. The number of nitrogens with zero attached hydrogens (tertiary/aromatic N) is 6. The first kappa shape index (κ1) is 24.1. The fourth-order valence-corrected chi connectivity index (χ4v) is 5.04. The first-order valence-electron chi connectivity index (χ1n) is 11.7. The number of rotatable bonds is 9. The van der Waals surface area contributed by atoms with Crippen LogP contribution in [0.1, 0.15) is 29.4 Å². The van der Waals surface area contributed by atoms with Crippen LogP contribution in [0, 0.1) is 11.3 Å². The largest absolute Gasteiger partial charge is 0.382 e. The van der Waals surface area contributed by atoms with E-state index in [1.54, 1.807) is 39.2 Å². The number of hydrogen-bond acceptors (Lipinski definition) is 8. The van der Waals surface area contributed by atoms with Crippen LogP contribution in [0.25, 0.3) is 11.2 Å². The molecule has 10 heteroatoms. The van der Waals surface area contributed by atoms with Gasteiger partial charge in [0.05, 0.1) is 11.7 Å². The first-order valence-corrected chi connectivity index (χ1v) is 12.9. The van der Waals surface area contributed by atoms with Gasteiger partial charge in [-0.1, -0.05) is 48.5 Å². The fourth-order valence-electron chi connectivity index (χ4n) is 4.07. The molecule has 0 bridgehead atoms. The molecule has 5 rings (SSSR count). The van der Waals surface area contributed by atoms with Crippen molar-refractivity contribution in [3.63, 3.8) is 0 Å². The molecule has 0 saturated carbocycles. The molecule has 9 nitrogen and oxygen atoms in total. The highest BCUT2D eigenvalue weighted by atomic mass is 32.2. The molecule has 3 aromatic heterocycles. The van der Waals surface area contributed by atoms with Crippen LogP contribution in [0.2, 0.25) is 0 Å². The summed E-state index contributed by atoms with van der Waals surface area (Å²) in [6.07, 6.45) is 3.67. The van der Waals surface area contributed by atoms with Gasteiger partial charge in [-0.2, -0.15) is 22.1 Å². The Kier molecular flexibility index (Phi) is 7.14. The van der Waals surface area contributed by atoms with Crippen LogP contribution in [0.4, 0.5) is 11.6 Å². The molecule has 0 fully saturated rings. The van der Waals surface area contributed by atoms with Crippen molar-refractivity contribution < 1.29 is 0 Å². The quantitative estimate of drug-likeness (QED) is 0.284. The van der Waals surface area contributed by atoms with E-state index in [2.05, 4.69) is 33.5 Å². The van der Waals surface area contributed by atoms with Crippen molar-refractivity contribution in [3.05, 3.63) is 113 Å². The zero-order valence-electron chi connectivity index (χ0n) is 19.9. The molecule has 1 atom stereocenters. The van der Waals surface area contributed by atoms with Crippen molar-refractivity contribution in [2.75, 3.05) is 16.8 Å². The number of fused-ring (bicyclic) bond motifs is 1. The first-order chi connectivity index (χ1) is 18.2. The summed E-state index contributed by atoms with van der Waals surface area (Å²) in [4.78, 5) is 21.8. The molecule has 3 N–H and O–H groups in total. The molecule has 0 aliphatic heterocycles. The number of nitrogens with one attached hydrogen (secondary N) is 1. The lowest BCUT2D eigenvalue weighted by atomic mass is 10.1. The Bertz CT molecular complexity index is 1610. The number of nitriles is 1. The van der Waals surface area contributed by atoms with Crippen molar-refractivity contribution >= 4 is 28.9 Å². The summed E-state index contributed by atoms with van der Waals surface area (Å²) in [5.74, 6) is 2.51. The number of aromatic nitrogens is 5. The third-order valence-electron chi connectivity index (χ3n) is 5.88. The lowest BCUT2D eigenvalue weighted by Crippen LogP contribution is -2.30. The maximum atomic E-state index is 13.6. The molecule has 0 saturated heterocycles. The van der Waals surface area contributed by atoms with Crippen molar-refractivity contribution in [1.82, 2.24) is 24.1 Å². The summed E-state index contributed by atoms with van der Waals surface area (Å²) in [6, 6.07) is 24.8. The standard InChI is InChI=1S/C27H24N8OS/c28-16-21-24(29)30-18-31-25(21)32-22(13-15-37-17-19-8-3-1-4-9-19)26-33-34-14-7-12-23(34)27(36)35(26)20-10-5-2-6-11-20/h1-12,14,18,22H,13,15,17H2,(H3,29,30,31,32)/t22-/m0/s1. The second-order valence-electron chi connectivity index (χ2n) is 8.29. The van der Waals surface area contributed by atoms with Gasteiger partial charge < -0.3 is 11.1 Å². The van der Waals surface area contributed by atoms with E-state index in [0.29, 0.717) is 29.3 Å². The van der Waals surface area contributed by atoms with E-state index in [1.165, 1.54) is 11.9 Å². The van der Waals surface area contributed by atoms with Gasteiger partial charge in [-0.25, -0.2) is 14.5 Å². The van der Waals surface area contributed by atoms with Gasteiger partial charge >= 0.3 is 0 Å². The summed E-state index contributed by atoms with van der Waals surface area (Å²) in [6.45, 7) is 0. The number of nitrogen functional groups attached to an aromatic ring is 1. The SMILES string of the molecule is N#Cc1c(N)ncnc1N[C@@H](CCSCc1ccccc1)c1nn2cccc2c(=O)n1-c1ccccc1. The molecule has 0 unspecified atom stereocenters. The summed E-state index contributed by atoms with van der Waals surface area (Å²) in [7, 11) is 0. The lowest BCUT2D eigenvalue weighted by molar-refractivity contribution is 0.624. The number of nitrogens with two attached hydrogens (primary N) is 1. The minimum Gasteiger partial charge on any atom is -0.382 e. The monoisotopic (exact) mass is 508 g/mol. The van der Waals surface area contributed by atoms with Gasteiger partial charge in [-0.15, -0.1) is 0 Å². The number of benzene rings is 2. The van der Waals surface area contributed by atoms with Gasteiger partial charge in [0, 0.05) is 11.9 Å². The topological polar surface area (TPSA) is 127 Å². The van der Waals surface area contributed by atoms with Crippen molar-refractivity contribution in [3.8, 4) is 11.8 Å². The Morgan fingerprint density at radius 2 is 1.78 bits per heavy atom. The van der Waals surface area contributed by atoms with E-state index < -0.39 is 6.04 Å². The molecule has 0 aliphatic rings. The van der Waals surface area contributed by atoms with Gasteiger partial charge in [-0.3, -0.25) is 9.36 Å². The molecular weight excluding hydrogens is 484 g/mol. The highest BCUT2D eigenvalue weighted by Crippen LogP contribution is 2.27. The summed E-state index contributed by atoms with van der Waals surface area (Å²) >= 11 is 1.78. The number of anilines is 2. The Morgan fingerprint density at radius 1 is 1.03 bits per heavy atom. The van der Waals surface area contributed by atoms with E-state index in [1.807, 2.05) is 48.5 Å². The van der Waals surface area contributed by atoms with Crippen LogP contribution < -0.4 is 16.6 Å². The minimum absolute atomic E-state index is 0.0893. The normalized spacial score (nSPS) is 11.8. The van der Waals surface area contributed by atoms with Gasteiger partial charge in [0.25, 0.3) is 5.56 Å². The van der Waals surface area contributed by atoms with Crippen molar-refractivity contribution in [2.45, 2.75) is 18.2 Å². The number of para-hydroxylation sites is 1. The van der Waals surface area contributed by atoms with Gasteiger partial charge in [0.1, 0.15) is 35.1 Å². The fraction of sp³-hybridized carbons (Fsp3) is 0.148. The summed E-state index contributed by atoms with van der Waals surface area (Å²) in [5.41, 5.74) is 8.31. The Hall–Kier alpha value is -4.62. The maximum Gasteiger partial charge on any atom is 0.282 e. The number of thioether (sulfide) groups is 1. The Morgan fingerprint density at radius 3 is 2.54 bits per heavy atom. The predicted octanol–water partition coefficient (Wildman–Crippen LogP) is 4.21. The second kappa shape index (κ2) is 11.0. The third-order valence-corrected chi connectivity index (χ3v) is 6.94. The van der Waals surface area contributed by atoms with E-state index in [9.17, 15) is 10.1 Å². The highest BCUT2D eigenvalue weighted by Gasteiger charge is 2.24. The molecule has 0 aliphatic carbocycles. The summed E-state index contributed by atoms with van der Waals surface area (Å²) in [5, 5.41) is 17.9. The zero-order chi connectivity index (χ0) is 25.6.